The topological polar surface area (TPSA) is 218 Å². The van der Waals surface area contributed by atoms with E-state index in [-0.39, 0.29) is 46.8 Å². The fourth-order valence-electron chi connectivity index (χ4n) is 4.49. The highest BCUT2D eigenvalue weighted by atomic mass is 32.2. The number of oxime groups is 1. The van der Waals surface area contributed by atoms with Gasteiger partial charge in [0.05, 0.1) is 0 Å². The van der Waals surface area contributed by atoms with Crippen molar-refractivity contribution in [3.05, 3.63) is 64.6 Å². The van der Waals surface area contributed by atoms with E-state index in [1.165, 1.54) is 17.1 Å². The number of carbonyl (C=O) groups excluding carboxylic acids is 3. The van der Waals surface area contributed by atoms with Gasteiger partial charge in [0, 0.05) is 29.4 Å². The van der Waals surface area contributed by atoms with Crippen LogP contribution in [0.1, 0.15) is 23.1 Å². The van der Waals surface area contributed by atoms with Crippen molar-refractivity contribution in [2.75, 3.05) is 18.1 Å². The first-order chi connectivity index (χ1) is 20.7. The van der Waals surface area contributed by atoms with E-state index in [1.54, 1.807) is 54.2 Å². The lowest BCUT2D eigenvalue weighted by atomic mass is 10.0. The number of aromatic nitrogens is 3. The zero-order chi connectivity index (χ0) is 30.7. The number of nitrogen functional groups attached to an aromatic ring is 1. The number of hydrogen-bond donors (Lipinski definition) is 4. The predicted molar refractivity (Wildman–Crippen MR) is 155 cm³/mol. The Morgan fingerprint density at radius 3 is 2.86 bits per heavy atom. The van der Waals surface area contributed by atoms with Crippen molar-refractivity contribution in [3.63, 3.8) is 0 Å². The molecule has 5 rings (SSSR count). The molecule has 2 atom stereocenters. The van der Waals surface area contributed by atoms with Crippen molar-refractivity contribution in [3.8, 4) is 17.6 Å². The Hall–Kier alpha value is -5.21. The molecule has 0 radical (unpaired) electrons. The molecule has 17 heteroatoms. The number of carboxylic acids is 1. The number of aliphatic carboxylic acids is 1. The van der Waals surface area contributed by atoms with E-state index in [4.69, 9.17) is 15.8 Å². The molecular formula is C26H23N9O6S2. The highest BCUT2D eigenvalue weighted by Crippen LogP contribution is 2.40. The van der Waals surface area contributed by atoms with Crippen molar-refractivity contribution in [1.29, 1.82) is 5.26 Å². The van der Waals surface area contributed by atoms with Gasteiger partial charge in [0.15, 0.2) is 17.0 Å². The van der Waals surface area contributed by atoms with Gasteiger partial charge in [-0.25, -0.2) is 14.8 Å². The van der Waals surface area contributed by atoms with Gasteiger partial charge >= 0.3 is 5.97 Å². The number of thiazole rings is 1. The van der Waals surface area contributed by atoms with E-state index in [2.05, 4.69) is 20.4 Å². The van der Waals surface area contributed by atoms with Crippen molar-refractivity contribution >= 4 is 57.6 Å². The predicted octanol–water partition coefficient (Wildman–Crippen LogP) is 0.973. The number of fused-ring (bicyclic) bond motifs is 2. The first-order valence-electron chi connectivity index (χ1n) is 12.7. The van der Waals surface area contributed by atoms with Gasteiger partial charge in [0.2, 0.25) is 0 Å². The molecular weight excluding hydrogens is 598 g/mol. The van der Waals surface area contributed by atoms with Crippen LogP contribution in [0.15, 0.2) is 58.4 Å². The maximum absolute atomic E-state index is 13.1. The minimum absolute atomic E-state index is 0.0935. The maximum atomic E-state index is 13.1. The number of carbonyl (C=O) groups is 4. The van der Waals surface area contributed by atoms with Crippen molar-refractivity contribution in [2.24, 2.45) is 5.16 Å². The third-order valence-electron chi connectivity index (χ3n) is 6.37. The molecule has 0 unspecified atom stereocenters. The summed E-state index contributed by atoms with van der Waals surface area (Å²) in [6.45, 7) is 2.18. The van der Waals surface area contributed by atoms with Gasteiger partial charge in [0.1, 0.15) is 40.9 Å². The molecule has 0 aliphatic carbocycles. The van der Waals surface area contributed by atoms with Gasteiger partial charge in [-0.15, -0.1) is 23.1 Å². The van der Waals surface area contributed by atoms with Gasteiger partial charge in [-0.2, -0.15) is 5.26 Å². The van der Waals surface area contributed by atoms with Crippen molar-refractivity contribution < 1.29 is 29.1 Å². The van der Waals surface area contributed by atoms with E-state index in [0.29, 0.717) is 17.0 Å². The molecule has 3 amide bonds. The molecule has 4 aliphatic rings. The molecule has 0 aromatic carbocycles. The van der Waals surface area contributed by atoms with Gasteiger partial charge in [0.25, 0.3) is 17.7 Å². The summed E-state index contributed by atoms with van der Waals surface area (Å²) in [7, 11) is 0. The standard InChI is InChI=1S/C26H23N9O6S2/c1-2-41-33-17(16-11-43-26(28)31-16)22(37)32-18-23(38)35-19(25(39)40)14(10-42-24(18)35)6-4-8-34-7-3-5-13-9-15(30-20(13)34)21(36)29-12-27/h3-7,9,11,18,24H,2,8,10H2,1H3,(H2,28,31)(H,29,36)(H,32,37)(H,39,40)/b6-4+,33-17-/t18-,24-/m1/s1. The highest BCUT2D eigenvalue weighted by Gasteiger charge is 2.54. The first-order valence-corrected chi connectivity index (χ1v) is 14.6. The number of amides is 3. The number of nitrogens with one attached hydrogen (secondary N) is 2. The van der Waals surface area contributed by atoms with Crippen LogP contribution in [-0.2, 0) is 25.8 Å². The molecule has 15 nitrogen and oxygen atoms in total. The average molecular weight is 622 g/mol. The molecule has 5 N–H and O–H groups in total. The average Bonchev–Trinajstić information content (AvgIpc) is 3.62. The number of β-lactam (4-membered cyclic amide) rings is 1. The quantitative estimate of drug-likeness (QED) is 0.0822. The number of anilines is 1. The van der Waals surface area contributed by atoms with E-state index >= 15 is 0 Å². The van der Waals surface area contributed by atoms with E-state index in [1.807, 2.05) is 5.32 Å². The molecule has 4 aliphatic heterocycles. The van der Waals surface area contributed by atoms with Crippen LogP contribution in [0, 0.1) is 11.5 Å². The van der Waals surface area contributed by atoms with Crippen LogP contribution in [0.25, 0.3) is 11.4 Å². The summed E-state index contributed by atoms with van der Waals surface area (Å²) in [4.78, 5) is 65.0. The van der Waals surface area contributed by atoms with Crippen LogP contribution < -0.4 is 16.4 Å². The number of pyridine rings is 1. The summed E-state index contributed by atoms with van der Waals surface area (Å²) in [5.74, 6) is -2.41. The maximum Gasteiger partial charge on any atom is 0.352 e. The number of nitriles is 1. The van der Waals surface area contributed by atoms with Crippen LogP contribution in [-0.4, -0.2) is 77.7 Å². The molecule has 1 aromatic rings. The lowest BCUT2D eigenvalue weighted by molar-refractivity contribution is -0.150. The molecule has 0 saturated carbocycles. The Morgan fingerprint density at radius 1 is 1.35 bits per heavy atom. The van der Waals surface area contributed by atoms with E-state index in [0.717, 1.165) is 16.2 Å². The minimum atomic E-state index is -1.28. The zero-order valence-corrected chi connectivity index (χ0v) is 24.0. The van der Waals surface area contributed by atoms with Gasteiger partial charge in [-0.1, -0.05) is 17.3 Å². The number of carboxylic acid groups (broad SMARTS) is 1. The number of nitrogens with zero attached hydrogens (tertiary/aromatic N) is 6. The zero-order valence-electron chi connectivity index (χ0n) is 22.4. The third kappa shape index (κ3) is 5.78. The van der Waals surface area contributed by atoms with Gasteiger partial charge in [-0.3, -0.25) is 24.6 Å². The Bertz CT molecular complexity index is 1720. The molecule has 43 heavy (non-hydrogen) atoms. The van der Waals surface area contributed by atoms with Gasteiger partial charge < -0.3 is 25.6 Å². The van der Waals surface area contributed by atoms with Crippen LogP contribution in [0.3, 0.4) is 0 Å². The van der Waals surface area contributed by atoms with Gasteiger partial charge in [-0.05, 0) is 30.7 Å². The van der Waals surface area contributed by atoms with Crippen LogP contribution in [0.4, 0.5) is 5.13 Å². The summed E-state index contributed by atoms with van der Waals surface area (Å²) in [5.41, 5.74) is 6.76. The van der Waals surface area contributed by atoms with Crippen LogP contribution >= 0.6 is 23.1 Å². The lowest BCUT2D eigenvalue weighted by Crippen LogP contribution is -2.71. The fraction of sp³-hybridized carbons (Fsp3) is 0.231. The Morgan fingerprint density at radius 2 is 2.16 bits per heavy atom. The first kappa shape index (κ1) is 29.3. The lowest BCUT2D eigenvalue weighted by Gasteiger charge is -2.49. The normalized spacial score (nSPS) is 18.3. The van der Waals surface area contributed by atoms with Crippen LogP contribution in [0.2, 0.25) is 0 Å². The molecule has 0 spiro atoms. The second kappa shape index (κ2) is 12.3. The largest absolute Gasteiger partial charge is 0.477 e. The number of hydrogen-bond acceptors (Lipinski definition) is 12. The van der Waals surface area contributed by atoms with Crippen LogP contribution in [0.5, 0.6) is 0 Å². The highest BCUT2D eigenvalue weighted by molar-refractivity contribution is 8.00. The summed E-state index contributed by atoms with van der Waals surface area (Å²) in [5, 5.41) is 28.3. The Kier molecular flexibility index (Phi) is 8.41. The third-order valence-corrected chi connectivity index (χ3v) is 8.34. The Balaban J connectivity index is 1.31. The molecule has 0 bridgehead atoms. The monoisotopic (exact) mass is 621 g/mol. The second-order valence-corrected chi connectivity index (χ2v) is 11.0. The minimum Gasteiger partial charge on any atom is -0.477 e. The summed E-state index contributed by atoms with van der Waals surface area (Å²) < 4.78 is 1.76. The molecule has 1 saturated heterocycles. The fourth-order valence-corrected chi connectivity index (χ4v) is 6.36. The molecule has 1 aromatic heterocycles. The summed E-state index contributed by atoms with van der Waals surface area (Å²) in [6, 6.07) is 4.13. The molecule has 5 heterocycles. The van der Waals surface area contributed by atoms with Crippen molar-refractivity contribution in [1.82, 2.24) is 30.1 Å². The number of nitrogens with two attached hydrogens (primary N) is 1. The molecule has 220 valence electrons. The van der Waals surface area contributed by atoms with Crippen molar-refractivity contribution in [2.45, 2.75) is 24.9 Å². The smallest absolute Gasteiger partial charge is 0.352 e. The second-order valence-electron chi connectivity index (χ2n) is 9.02. The summed E-state index contributed by atoms with van der Waals surface area (Å²) in [6.07, 6.45) is 6.68. The number of rotatable bonds is 10. The van der Waals surface area contributed by atoms with E-state index < -0.39 is 35.1 Å². The Labute approximate surface area is 252 Å². The number of allylic oxidation sites excluding steroid dienone is 2. The SMILES string of the molecule is CCO/N=C(\C(=O)N[C@@H]1C(=O)N2C(C(=O)O)=C(/C=C/Cn3cccc4cc(C(=O)NC#N)nc3-4)CS[C@H]12)c1csc(N)n1. The number of thioether (sulfide) groups is 1. The molecule has 1 fully saturated rings. The van der Waals surface area contributed by atoms with E-state index in [9.17, 15) is 24.3 Å². The summed E-state index contributed by atoms with van der Waals surface area (Å²) >= 11 is 2.42.